The summed E-state index contributed by atoms with van der Waals surface area (Å²) < 4.78 is 7.59. The zero-order chi connectivity index (χ0) is 17.8. The summed E-state index contributed by atoms with van der Waals surface area (Å²) in [5.41, 5.74) is -0.0258. The van der Waals surface area contributed by atoms with Gasteiger partial charge in [0.2, 0.25) is 5.91 Å². The normalized spacial score (nSPS) is 23.3. The molecule has 2 heterocycles. The third-order valence-electron chi connectivity index (χ3n) is 5.53. The summed E-state index contributed by atoms with van der Waals surface area (Å²) in [5, 5.41) is 7.24. The number of carbonyl (C=O) groups excluding carboxylic acids is 1. The van der Waals surface area contributed by atoms with Crippen LogP contribution in [0.25, 0.3) is 0 Å². The van der Waals surface area contributed by atoms with Gasteiger partial charge in [0, 0.05) is 31.6 Å². The van der Waals surface area contributed by atoms with Crippen LogP contribution in [-0.4, -0.2) is 63.0 Å². The quantitative estimate of drug-likeness (QED) is 0.844. The predicted octanol–water partition coefficient (Wildman–Crippen LogP) is 1.60. The van der Waals surface area contributed by atoms with Crippen molar-refractivity contribution < 1.29 is 9.53 Å². The van der Waals surface area contributed by atoms with Crippen LogP contribution in [-0.2, 0) is 16.1 Å². The van der Waals surface area contributed by atoms with Crippen molar-refractivity contribution in [3.05, 3.63) is 12.7 Å². The highest BCUT2D eigenvalue weighted by molar-refractivity contribution is 5.75. The molecule has 25 heavy (non-hydrogen) atoms. The monoisotopic (exact) mass is 349 g/mol. The molecule has 1 aromatic heterocycles. The van der Waals surface area contributed by atoms with Crippen LogP contribution >= 0.6 is 0 Å². The van der Waals surface area contributed by atoms with Gasteiger partial charge in [-0.2, -0.15) is 5.10 Å². The molecule has 1 aliphatic heterocycles. The standard InChI is InChI=1S/C18H31N5O2/c1-17(2)13-22(10-11-25-17)18(7-4-3-5-8-18)12-20-16(24)6-9-23-15-19-14-21-23/h14-15H,3-13H2,1-2H3,(H,20,24). The smallest absolute Gasteiger partial charge is 0.221 e. The van der Waals surface area contributed by atoms with E-state index in [1.807, 2.05) is 0 Å². The van der Waals surface area contributed by atoms with Crippen LogP contribution in [0.1, 0.15) is 52.4 Å². The van der Waals surface area contributed by atoms with E-state index in [4.69, 9.17) is 4.74 Å². The van der Waals surface area contributed by atoms with Gasteiger partial charge in [-0.3, -0.25) is 14.4 Å². The number of ether oxygens (including phenoxy) is 1. The maximum absolute atomic E-state index is 12.3. The molecule has 1 saturated heterocycles. The molecule has 1 N–H and O–H groups in total. The number of nitrogens with one attached hydrogen (secondary N) is 1. The highest BCUT2D eigenvalue weighted by atomic mass is 16.5. The fourth-order valence-corrected chi connectivity index (χ4v) is 4.15. The van der Waals surface area contributed by atoms with Crippen LogP contribution in [0.2, 0.25) is 0 Å². The minimum absolute atomic E-state index is 0.0855. The number of hydrogen-bond donors (Lipinski definition) is 1. The number of hydrogen-bond acceptors (Lipinski definition) is 5. The lowest BCUT2D eigenvalue weighted by molar-refractivity contribution is -0.129. The van der Waals surface area contributed by atoms with E-state index in [9.17, 15) is 4.79 Å². The first-order chi connectivity index (χ1) is 12.0. The van der Waals surface area contributed by atoms with Crippen LogP contribution in [0.15, 0.2) is 12.7 Å². The maximum Gasteiger partial charge on any atom is 0.221 e. The molecule has 0 radical (unpaired) electrons. The Balaban J connectivity index is 1.57. The summed E-state index contributed by atoms with van der Waals surface area (Å²) in [7, 11) is 0. The van der Waals surface area contributed by atoms with Crippen molar-refractivity contribution in [2.24, 2.45) is 0 Å². The van der Waals surface area contributed by atoms with E-state index in [0.29, 0.717) is 13.0 Å². The summed E-state index contributed by atoms with van der Waals surface area (Å²) in [6, 6.07) is 0. The molecule has 2 aliphatic rings. The molecule has 0 spiro atoms. The first-order valence-corrected chi connectivity index (χ1v) is 9.47. The minimum Gasteiger partial charge on any atom is -0.373 e. The van der Waals surface area contributed by atoms with Gasteiger partial charge in [0.25, 0.3) is 0 Å². The molecule has 0 unspecified atom stereocenters. The minimum atomic E-state index is -0.111. The Morgan fingerprint density at radius 1 is 1.28 bits per heavy atom. The second kappa shape index (κ2) is 7.83. The van der Waals surface area contributed by atoms with Gasteiger partial charge in [0.1, 0.15) is 12.7 Å². The molecule has 0 bridgehead atoms. The van der Waals surface area contributed by atoms with Crippen molar-refractivity contribution in [1.82, 2.24) is 25.0 Å². The van der Waals surface area contributed by atoms with Crippen molar-refractivity contribution in [2.45, 2.75) is 70.1 Å². The van der Waals surface area contributed by atoms with Crippen LogP contribution in [0, 0.1) is 0 Å². The van der Waals surface area contributed by atoms with Gasteiger partial charge in [0.15, 0.2) is 0 Å². The number of amides is 1. The Hall–Kier alpha value is -1.47. The zero-order valence-corrected chi connectivity index (χ0v) is 15.5. The molecule has 7 nitrogen and oxygen atoms in total. The molecule has 0 aromatic carbocycles. The van der Waals surface area contributed by atoms with E-state index in [2.05, 4.69) is 34.1 Å². The molecular formula is C18H31N5O2. The Morgan fingerprint density at radius 2 is 2.08 bits per heavy atom. The molecule has 140 valence electrons. The van der Waals surface area contributed by atoms with Gasteiger partial charge in [-0.15, -0.1) is 0 Å². The Bertz CT molecular complexity index is 552. The highest BCUT2D eigenvalue weighted by Crippen LogP contribution is 2.36. The van der Waals surface area contributed by atoms with Gasteiger partial charge in [0.05, 0.1) is 18.8 Å². The van der Waals surface area contributed by atoms with Crippen molar-refractivity contribution >= 4 is 5.91 Å². The zero-order valence-electron chi connectivity index (χ0n) is 15.5. The number of nitrogens with zero attached hydrogens (tertiary/aromatic N) is 4. The van der Waals surface area contributed by atoms with Crippen molar-refractivity contribution in [3.63, 3.8) is 0 Å². The van der Waals surface area contributed by atoms with Crippen LogP contribution in [0.5, 0.6) is 0 Å². The molecular weight excluding hydrogens is 318 g/mol. The number of aryl methyl sites for hydroxylation is 1. The maximum atomic E-state index is 12.3. The average molecular weight is 349 g/mol. The second-order valence-electron chi connectivity index (χ2n) is 8.00. The van der Waals surface area contributed by atoms with Crippen molar-refractivity contribution in [3.8, 4) is 0 Å². The fraction of sp³-hybridized carbons (Fsp3) is 0.833. The van der Waals surface area contributed by atoms with E-state index >= 15 is 0 Å². The molecule has 1 aliphatic carbocycles. The summed E-state index contributed by atoms with van der Waals surface area (Å²) >= 11 is 0. The first-order valence-electron chi connectivity index (χ1n) is 9.47. The van der Waals surface area contributed by atoms with Crippen molar-refractivity contribution in [1.29, 1.82) is 0 Å². The third-order valence-corrected chi connectivity index (χ3v) is 5.53. The number of morpholine rings is 1. The first kappa shape index (κ1) is 18.3. The fourth-order valence-electron chi connectivity index (χ4n) is 4.15. The molecule has 2 fully saturated rings. The lowest BCUT2D eigenvalue weighted by Gasteiger charge is -2.51. The van der Waals surface area contributed by atoms with Gasteiger partial charge >= 0.3 is 0 Å². The summed E-state index contributed by atoms with van der Waals surface area (Å²) in [4.78, 5) is 18.8. The number of aromatic nitrogens is 3. The van der Waals surface area contributed by atoms with E-state index in [0.717, 1.165) is 39.1 Å². The molecule has 3 rings (SSSR count). The molecule has 1 amide bonds. The second-order valence-corrected chi connectivity index (χ2v) is 8.00. The Kier molecular flexibility index (Phi) is 5.74. The number of carbonyl (C=O) groups is 1. The molecule has 7 heteroatoms. The summed E-state index contributed by atoms with van der Waals surface area (Å²) in [6.45, 7) is 8.29. The summed E-state index contributed by atoms with van der Waals surface area (Å²) in [6.07, 6.45) is 9.68. The lowest BCUT2D eigenvalue weighted by atomic mass is 9.79. The molecule has 0 atom stereocenters. The number of rotatable bonds is 6. The van der Waals surface area contributed by atoms with Crippen LogP contribution in [0.3, 0.4) is 0 Å². The van der Waals surface area contributed by atoms with E-state index < -0.39 is 0 Å². The van der Waals surface area contributed by atoms with Crippen molar-refractivity contribution in [2.75, 3.05) is 26.2 Å². The lowest BCUT2D eigenvalue weighted by Crippen LogP contribution is -2.63. The van der Waals surface area contributed by atoms with E-state index in [1.165, 1.54) is 25.6 Å². The van der Waals surface area contributed by atoms with Gasteiger partial charge in [-0.1, -0.05) is 19.3 Å². The SMILES string of the molecule is CC1(C)CN(C2(CNC(=O)CCn3cncn3)CCCCC2)CCO1. The Morgan fingerprint density at radius 3 is 2.76 bits per heavy atom. The average Bonchev–Trinajstić information content (AvgIpc) is 3.12. The van der Waals surface area contributed by atoms with Gasteiger partial charge in [-0.25, -0.2) is 4.98 Å². The van der Waals surface area contributed by atoms with Gasteiger partial charge < -0.3 is 10.1 Å². The molecule has 1 saturated carbocycles. The largest absolute Gasteiger partial charge is 0.373 e. The van der Waals surface area contributed by atoms with E-state index in [-0.39, 0.29) is 17.0 Å². The summed E-state index contributed by atoms with van der Waals surface area (Å²) in [5.74, 6) is 0.0907. The third kappa shape index (κ3) is 4.79. The van der Waals surface area contributed by atoms with Crippen LogP contribution in [0.4, 0.5) is 0 Å². The Labute approximate surface area is 150 Å². The van der Waals surface area contributed by atoms with E-state index in [1.54, 1.807) is 11.0 Å². The topological polar surface area (TPSA) is 72.3 Å². The molecule has 1 aromatic rings. The highest BCUT2D eigenvalue weighted by Gasteiger charge is 2.42. The van der Waals surface area contributed by atoms with Crippen LogP contribution < -0.4 is 5.32 Å². The predicted molar refractivity (Wildman–Crippen MR) is 95.1 cm³/mol. The van der Waals surface area contributed by atoms with Gasteiger partial charge in [-0.05, 0) is 26.7 Å².